The zero-order valence-corrected chi connectivity index (χ0v) is 19.1. The van der Waals surface area contributed by atoms with Gasteiger partial charge >= 0.3 is 0 Å². The predicted octanol–water partition coefficient (Wildman–Crippen LogP) is 8.14. The number of nitrogens with zero attached hydrogens (tertiary/aromatic N) is 2. The summed E-state index contributed by atoms with van der Waals surface area (Å²) in [5, 5.41) is 7.65. The Morgan fingerprint density at radius 2 is 0.771 bits per heavy atom. The average molecular weight is 450 g/mol. The second kappa shape index (κ2) is 9.24. The van der Waals surface area contributed by atoms with E-state index in [4.69, 9.17) is 4.98 Å². The molecule has 6 rings (SSSR count). The Bertz CT molecular complexity index is 1580. The van der Waals surface area contributed by atoms with Crippen LogP contribution in [-0.4, -0.2) is 15.2 Å². The highest BCUT2D eigenvalue weighted by Crippen LogP contribution is 2.30. The summed E-state index contributed by atoms with van der Waals surface area (Å²) in [6.45, 7) is 0. The van der Waals surface area contributed by atoms with Gasteiger partial charge < -0.3 is 0 Å². The van der Waals surface area contributed by atoms with Crippen molar-refractivity contribution in [2.75, 3.05) is 0 Å². The number of rotatable bonds is 5. The molecule has 166 valence electrons. The van der Waals surface area contributed by atoms with E-state index in [0.29, 0.717) is 5.82 Å². The van der Waals surface area contributed by atoms with E-state index in [2.05, 4.69) is 119 Å². The van der Waals surface area contributed by atoms with Gasteiger partial charge in [0.15, 0.2) is 11.6 Å². The van der Waals surface area contributed by atoms with Gasteiger partial charge in [-0.25, -0.2) is 4.98 Å². The molecule has 1 aromatic heterocycles. The Labute approximate surface area is 204 Å². The third-order valence-corrected chi connectivity index (χ3v) is 6.15. The van der Waals surface area contributed by atoms with Crippen LogP contribution in [0, 0.1) is 0 Å². The van der Waals surface area contributed by atoms with Gasteiger partial charge in [-0.05, 0) is 51.6 Å². The molecule has 5 aromatic carbocycles. The molecule has 3 heteroatoms. The number of nitrogens with one attached hydrogen (secondary N) is 1. The molecule has 0 aliphatic rings. The van der Waals surface area contributed by atoms with Crippen molar-refractivity contribution in [2.45, 2.75) is 0 Å². The fourth-order valence-electron chi connectivity index (χ4n) is 4.34. The highest BCUT2D eigenvalue weighted by Gasteiger charge is 2.10. The molecule has 0 saturated heterocycles. The predicted molar refractivity (Wildman–Crippen MR) is 144 cm³/mol. The molecule has 0 saturated carbocycles. The SMILES string of the molecule is c1ccc(-c2cccc(-c3cccc(-c4nc(-c5cccc(-c6ccccc6)c5)n[nH]4)c3)c2)cc1. The first-order valence-electron chi connectivity index (χ1n) is 11.7. The summed E-state index contributed by atoms with van der Waals surface area (Å²) in [5.41, 5.74) is 9.04. The van der Waals surface area contributed by atoms with E-state index in [1.165, 1.54) is 22.3 Å². The van der Waals surface area contributed by atoms with Crippen molar-refractivity contribution in [3.63, 3.8) is 0 Å². The van der Waals surface area contributed by atoms with Gasteiger partial charge in [-0.3, -0.25) is 5.10 Å². The van der Waals surface area contributed by atoms with Gasteiger partial charge in [-0.1, -0.05) is 115 Å². The molecule has 0 atom stereocenters. The molecular weight excluding hydrogens is 426 g/mol. The van der Waals surface area contributed by atoms with Crippen LogP contribution in [0.25, 0.3) is 56.2 Å². The zero-order valence-electron chi connectivity index (χ0n) is 19.1. The number of benzene rings is 5. The minimum atomic E-state index is 0.689. The third kappa shape index (κ3) is 4.40. The fraction of sp³-hybridized carbons (Fsp3) is 0. The number of hydrogen-bond donors (Lipinski definition) is 1. The van der Waals surface area contributed by atoms with Crippen molar-refractivity contribution >= 4 is 0 Å². The number of hydrogen-bond acceptors (Lipinski definition) is 2. The van der Waals surface area contributed by atoms with Crippen LogP contribution in [-0.2, 0) is 0 Å². The molecule has 0 amide bonds. The minimum absolute atomic E-state index is 0.689. The maximum Gasteiger partial charge on any atom is 0.181 e. The Morgan fingerprint density at radius 3 is 1.34 bits per heavy atom. The summed E-state index contributed by atoms with van der Waals surface area (Å²) in [7, 11) is 0. The van der Waals surface area contributed by atoms with Crippen molar-refractivity contribution < 1.29 is 0 Å². The number of aromatic nitrogens is 3. The van der Waals surface area contributed by atoms with E-state index in [9.17, 15) is 0 Å². The standard InChI is InChI=1S/C32H23N3/c1-3-10-23(11-4-1)25-14-7-16-27(20-25)28-17-9-19-30(22-28)32-33-31(34-35-32)29-18-8-15-26(21-29)24-12-5-2-6-13-24/h1-22H,(H,33,34,35). The lowest BCUT2D eigenvalue weighted by Crippen LogP contribution is -1.85. The van der Waals surface area contributed by atoms with Gasteiger partial charge in [0.1, 0.15) is 0 Å². The molecule has 0 unspecified atom stereocenters. The van der Waals surface area contributed by atoms with E-state index < -0.39 is 0 Å². The minimum Gasteiger partial charge on any atom is -0.259 e. The summed E-state index contributed by atoms with van der Waals surface area (Å²) in [5.74, 6) is 1.44. The Balaban J connectivity index is 1.31. The topological polar surface area (TPSA) is 41.6 Å². The monoisotopic (exact) mass is 449 g/mol. The highest BCUT2D eigenvalue weighted by atomic mass is 15.2. The smallest absolute Gasteiger partial charge is 0.181 e. The molecule has 35 heavy (non-hydrogen) atoms. The second-order valence-electron chi connectivity index (χ2n) is 8.48. The van der Waals surface area contributed by atoms with Crippen molar-refractivity contribution in [2.24, 2.45) is 0 Å². The number of H-pyrrole nitrogens is 1. The maximum absolute atomic E-state index is 4.82. The number of aromatic amines is 1. The van der Waals surface area contributed by atoms with Crippen LogP contribution in [0.15, 0.2) is 133 Å². The van der Waals surface area contributed by atoms with E-state index in [0.717, 1.165) is 28.1 Å². The zero-order chi connectivity index (χ0) is 23.5. The first-order valence-corrected chi connectivity index (χ1v) is 11.7. The Morgan fingerprint density at radius 1 is 0.371 bits per heavy atom. The van der Waals surface area contributed by atoms with Crippen LogP contribution < -0.4 is 0 Å². The van der Waals surface area contributed by atoms with Crippen LogP contribution in [0.4, 0.5) is 0 Å². The quantitative estimate of drug-likeness (QED) is 0.289. The van der Waals surface area contributed by atoms with Gasteiger partial charge in [0.2, 0.25) is 0 Å². The molecule has 0 radical (unpaired) electrons. The summed E-state index contributed by atoms with van der Waals surface area (Å²) in [6.07, 6.45) is 0. The van der Waals surface area contributed by atoms with Gasteiger partial charge in [-0.2, -0.15) is 5.10 Å². The molecular formula is C32H23N3. The van der Waals surface area contributed by atoms with E-state index in [1.807, 2.05) is 24.3 Å². The lowest BCUT2D eigenvalue weighted by molar-refractivity contribution is 1.10. The van der Waals surface area contributed by atoms with Crippen molar-refractivity contribution in [3.8, 4) is 56.2 Å². The largest absolute Gasteiger partial charge is 0.259 e. The summed E-state index contributed by atoms with van der Waals surface area (Å²) in [4.78, 5) is 4.82. The first-order chi connectivity index (χ1) is 17.3. The molecule has 6 aromatic rings. The van der Waals surface area contributed by atoms with Crippen LogP contribution in [0.2, 0.25) is 0 Å². The van der Waals surface area contributed by atoms with Crippen LogP contribution in [0.5, 0.6) is 0 Å². The molecule has 0 spiro atoms. The second-order valence-corrected chi connectivity index (χ2v) is 8.48. The van der Waals surface area contributed by atoms with E-state index in [1.54, 1.807) is 0 Å². The molecule has 0 fully saturated rings. The van der Waals surface area contributed by atoms with Gasteiger partial charge in [0.25, 0.3) is 0 Å². The lowest BCUT2D eigenvalue weighted by Gasteiger charge is -2.07. The van der Waals surface area contributed by atoms with Crippen molar-refractivity contribution in [1.29, 1.82) is 0 Å². The molecule has 3 nitrogen and oxygen atoms in total. The van der Waals surface area contributed by atoms with Gasteiger partial charge in [0.05, 0.1) is 0 Å². The average Bonchev–Trinajstić information content (AvgIpc) is 3.45. The van der Waals surface area contributed by atoms with Crippen molar-refractivity contribution in [1.82, 2.24) is 15.2 Å². The van der Waals surface area contributed by atoms with Crippen LogP contribution in [0.3, 0.4) is 0 Å². The van der Waals surface area contributed by atoms with Gasteiger partial charge in [0, 0.05) is 11.1 Å². The Hall–Kier alpha value is -4.76. The van der Waals surface area contributed by atoms with E-state index >= 15 is 0 Å². The Kier molecular flexibility index (Phi) is 5.50. The highest BCUT2D eigenvalue weighted by molar-refractivity contribution is 5.76. The maximum atomic E-state index is 4.82. The normalized spacial score (nSPS) is 10.9. The third-order valence-electron chi connectivity index (χ3n) is 6.15. The fourth-order valence-corrected chi connectivity index (χ4v) is 4.34. The molecule has 0 bridgehead atoms. The molecule has 1 N–H and O–H groups in total. The van der Waals surface area contributed by atoms with E-state index in [-0.39, 0.29) is 0 Å². The molecule has 1 heterocycles. The van der Waals surface area contributed by atoms with Crippen molar-refractivity contribution in [3.05, 3.63) is 133 Å². The lowest BCUT2D eigenvalue weighted by atomic mass is 9.98. The van der Waals surface area contributed by atoms with Gasteiger partial charge in [-0.15, -0.1) is 0 Å². The molecule has 0 aliphatic carbocycles. The summed E-state index contributed by atoms with van der Waals surface area (Å²) < 4.78 is 0. The van der Waals surface area contributed by atoms with Crippen LogP contribution in [0.1, 0.15) is 0 Å². The summed E-state index contributed by atoms with van der Waals surface area (Å²) >= 11 is 0. The van der Waals surface area contributed by atoms with Crippen LogP contribution >= 0.6 is 0 Å². The molecule has 0 aliphatic heterocycles. The first kappa shape index (κ1) is 20.8. The summed E-state index contributed by atoms with van der Waals surface area (Å²) in [6, 6.07) is 46.2.